The molecular formula is C21H18ClF3IN2OPS. The smallest absolute Gasteiger partial charge is 0.333 e. The highest BCUT2D eigenvalue weighted by Crippen LogP contribution is 2.38. The third-order valence-corrected chi connectivity index (χ3v) is 8.87. The Morgan fingerprint density at radius 3 is 2.42 bits per heavy atom. The maximum Gasteiger partial charge on any atom is 0.419 e. The summed E-state index contributed by atoms with van der Waals surface area (Å²) in [5, 5.41) is 4.13. The fourth-order valence-electron chi connectivity index (χ4n) is 2.55. The lowest BCUT2D eigenvalue weighted by molar-refractivity contribution is -0.0854. The van der Waals surface area contributed by atoms with E-state index >= 15 is 0 Å². The van der Waals surface area contributed by atoms with Gasteiger partial charge in [0.15, 0.2) is 5.82 Å². The van der Waals surface area contributed by atoms with Crippen LogP contribution >= 0.6 is 51.2 Å². The van der Waals surface area contributed by atoms with E-state index in [1.54, 1.807) is 62.7 Å². The molecule has 2 aromatic rings. The van der Waals surface area contributed by atoms with Crippen molar-refractivity contribution in [2.45, 2.75) is 18.0 Å². The lowest BCUT2D eigenvalue weighted by Gasteiger charge is -2.15. The van der Waals surface area contributed by atoms with Crippen molar-refractivity contribution in [3.05, 3.63) is 68.5 Å². The number of halogens is 5. The predicted octanol–water partition coefficient (Wildman–Crippen LogP) is 7.17. The summed E-state index contributed by atoms with van der Waals surface area (Å²) >= 11 is 5.80. The molecule has 3 rings (SSSR count). The van der Waals surface area contributed by atoms with Gasteiger partial charge in [0.05, 0.1) is 5.57 Å². The SMILES string of the molecule is Cc1cc(Cl)ccc1SC1=NC(Nc2ccc(P(C)(C)=O)cc2)=C=IC=C1C(F)(F)F. The number of benzene rings is 2. The number of rotatable bonds is 4. The van der Waals surface area contributed by atoms with E-state index in [0.717, 1.165) is 22.6 Å². The van der Waals surface area contributed by atoms with Gasteiger partial charge in [-0.25, -0.2) is 4.99 Å². The Bertz CT molecular complexity index is 1180. The van der Waals surface area contributed by atoms with E-state index in [2.05, 4.69) is 14.0 Å². The number of nitrogens with one attached hydrogen (secondary N) is 1. The molecule has 0 aliphatic carbocycles. The molecule has 0 saturated heterocycles. The number of hydrogen-bond acceptors (Lipinski definition) is 4. The Balaban J connectivity index is 1.93. The van der Waals surface area contributed by atoms with Gasteiger partial charge in [0, 0.05) is 20.9 Å². The number of aliphatic imine (C=N–C) groups is 1. The van der Waals surface area contributed by atoms with Gasteiger partial charge in [0.25, 0.3) is 0 Å². The number of anilines is 1. The molecule has 0 amide bonds. The number of thioether (sulfide) groups is 1. The van der Waals surface area contributed by atoms with Crippen LogP contribution in [0.2, 0.25) is 5.02 Å². The molecule has 0 saturated carbocycles. The highest BCUT2D eigenvalue weighted by molar-refractivity contribution is 14.2. The first-order valence-corrected chi connectivity index (χ1v) is 15.0. The largest absolute Gasteiger partial charge is 0.419 e. The van der Waals surface area contributed by atoms with E-state index < -0.39 is 39.6 Å². The van der Waals surface area contributed by atoms with Crippen LogP contribution in [-0.4, -0.2) is 28.2 Å². The highest BCUT2D eigenvalue weighted by atomic mass is 127. The monoisotopic (exact) mass is 596 g/mol. The number of nitrogens with zero attached hydrogens (tertiary/aromatic N) is 1. The van der Waals surface area contributed by atoms with E-state index in [4.69, 9.17) is 11.6 Å². The van der Waals surface area contributed by atoms with Crippen LogP contribution in [0.25, 0.3) is 0 Å². The molecule has 164 valence electrons. The van der Waals surface area contributed by atoms with E-state index in [9.17, 15) is 17.7 Å². The van der Waals surface area contributed by atoms with Crippen molar-refractivity contribution in [2.75, 3.05) is 18.6 Å². The first kappa shape index (κ1) is 24.3. The van der Waals surface area contributed by atoms with Crippen LogP contribution < -0.4 is 10.6 Å². The van der Waals surface area contributed by atoms with Crippen molar-refractivity contribution in [3.8, 4) is 0 Å². The third-order valence-electron chi connectivity index (χ3n) is 4.15. The zero-order valence-electron chi connectivity index (χ0n) is 16.7. The summed E-state index contributed by atoms with van der Waals surface area (Å²) in [6.07, 6.45) is -4.52. The lowest BCUT2D eigenvalue weighted by Crippen LogP contribution is -2.18. The highest BCUT2D eigenvalue weighted by Gasteiger charge is 2.38. The van der Waals surface area contributed by atoms with Crippen molar-refractivity contribution < 1.29 is 17.7 Å². The molecule has 1 aliphatic heterocycles. The van der Waals surface area contributed by atoms with Crippen molar-refractivity contribution >= 4 is 70.9 Å². The molecule has 2 aromatic carbocycles. The standard InChI is InChI=1S/C21H18ClF3IN2OPS/c1-13-10-14(22)4-9-18(13)31-20-17(21(23,24)25)11-26-12-19(28-20)27-15-5-7-16(8-6-15)30(2,3)29/h4-11,27H,1-3H3. The van der Waals surface area contributed by atoms with Crippen LogP contribution in [-0.2, 0) is 4.57 Å². The van der Waals surface area contributed by atoms with Gasteiger partial charge in [-0.3, -0.25) is 0 Å². The Kier molecular flexibility index (Phi) is 7.59. The number of hydrogen-bond donors (Lipinski definition) is 1. The fourth-order valence-corrected chi connectivity index (χ4v) is 6.50. The van der Waals surface area contributed by atoms with E-state index in [1.165, 1.54) is 4.08 Å². The van der Waals surface area contributed by atoms with E-state index in [0.29, 0.717) is 15.6 Å². The predicted molar refractivity (Wildman–Crippen MR) is 135 cm³/mol. The molecule has 0 bridgehead atoms. The summed E-state index contributed by atoms with van der Waals surface area (Å²) in [5.41, 5.74) is 0.648. The Morgan fingerprint density at radius 2 is 1.84 bits per heavy atom. The molecule has 0 radical (unpaired) electrons. The molecule has 10 heteroatoms. The molecule has 0 fully saturated rings. The van der Waals surface area contributed by atoms with Gasteiger partial charge in [-0.1, -0.05) is 23.4 Å². The molecule has 1 aliphatic rings. The first-order chi connectivity index (χ1) is 14.4. The minimum absolute atomic E-state index is 0.145. The van der Waals surface area contributed by atoms with Crippen molar-refractivity contribution in [2.24, 2.45) is 4.99 Å². The Labute approximate surface area is 198 Å². The molecular weight excluding hydrogens is 579 g/mol. The second-order valence-corrected chi connectivity index (χ2v) is 13.5. The Morgan fingerprint density at radius 1 is 1.16 bits per heavy atom. The molecule has 0 atom stereocenters. The van der Waals surface area contributed by atoms with Crippen LogP contribution in [0.15, 0.2) is 67.8 Å². The molecule has 1 heterocycles. The van der Waals surface area contributed by atoms with Gasteiger partial charge in [-0.15, -0.1) is 0 Å². The maximum atomic E-state index is 13.7. The molecule has 0 unspecified atom stereocenters. The Hall–Kier alpha value is -1.31. The van der Waals surface area contributed by atoms with Gasteiger partial charge in [0.1, 0.15) is 12.2 Å². The van der Waals surface area contributed by atoms with Gasteiger partial charge in [-0.05, 0) is 96.8 Å². The van der Waals surface area contributed by atoms with E-state index in [-0.39, 0.29) is 10.9 Å². The number of alkyl halides is 3. The number of aryl methyl sites for hydroxylation is 1. The maximum absolute atomic E-state index is 13.7. The summed E-state index contributed by atoms with van der Waals surface area (Å²) in [7, 11) is -2.39. The van der Waals surface area contributed by atoms with Gasteiger partial charge >= 0.3 is 6.18 Å². The van der Waals surface area contributed by atoms with Crippen molar-refractivity contribution in [1.29, 1.82) is 0 Å². The van der Waals surface area contributed by atoms with Crippen LogP contribution in [0, 0.1) is 6.92 Å². The summed E-state index contributed by atoms with van der Waals surface area (Å²) in [6, 6.07) is 12.0. The van der Waals surface area contributed by atoms with Crippen molar-refractivity contribution in [3.63, 3.8) is 0 Å². The van der Waals surface area contributed by atoms with Crippen molar-refractivity contribution in [1.82, 2.24) is 0 Å². The van der Waals surface area contributed by atoms with Crippen LogP contribution in [0.4, 0.5) is 18.9 Å². The van der Waals surface area contributed by atoms with Gasteiger partial charge in [0.2, 0.25) is 0 Å². The minimum Gasteiger partial charge on any atom is -0.333 e. The molecule has 0 aromatic heterocycles. The summed E-state index contributed by atoms with van der Waals surface area (Å²) < 4.78 is 57.4. The van der Waals surface area contributed by atoms with E-state index in [1.807, 2.05) is 0 Å². The lowest BCUT2D eigenvalue weighted by atomic mass is 10.2. The van der Waals surface area contributed by atoms with Gasteiger partial charge < -0.3 is 9.88 Å². The quantitative estimate of drug-likeness (QED) is 0.301. The average Bonchev–Trinajstić information content (AvgIpc) is 2.85. The molecule has 3 nitrogen and oxygen atoms in total. The minimum atomic E-state index is -4.52. The normalized spacial score (nSPS) is 14.7. The third kappa shape index (κ3) is 6.59. The summed E-state index contributed by atoms with van der Waals surface area (Å²) in [5.74, 6) is 0.237. The average molecular weight is 597 g/mol. The zero-order valence-corrected chi connectivity index (χ0v) is 21.3. The van der Waals surface area contributed by atoms with Crippen LogP contribution in [0.3, 0.4) is 0 Å². The summed E-state index contributed by atoms with van der Waals surface area (Å²) in [4.78, 5) is 4.92. The molecule has 0 spiro atoms. The molecule has 1 N–H and O–H groups in total. The fraction of sp³-hybridized carbons (Fsp3) is 0.190. The summed E-state index contributed by atoms with van der Waals surface area (Å²) in [6.45, 7) is 5.15. The van der Waals surface area contributed by atoms with Gasteiger partial charge in [-0.2, -0.15) is 13.2 Å². The zero-order chi connectivity index (χ0) is 22.8. The van der Waals surface area contributed by atoms with Crippen LogP contribution in [0.1, 0.15) is 5.56 Å². The second-order valence-electron chi connectivity index (χ2n) is 7.02. The topological polar surface area (TPSA) is 41.5 Å². The first-order valence-electron chi connectivity index (χ1n) is 8.92. The van der Waals surface area contributed by atoms with Crippen LogP contribution in [0.5, 0.6) is 0 Å². The second kappa shape index (κ2) is 9.67. The molecule has 31 heavy (non-hydrogen) atoms.